The topological polar surface area (TPSA) is 76.2 Å². The quantitative estimate of drug-likeness (QED) is 0.533. The van der Waals surface area contributed by atoms with Crippen molar-refractivity contribution in [3.05, 3.63) is 48.0 Å². The monoisotopic (exact) mass is 374 g/mol. The second-order valence-electron chi connectivity index (χ2n) is 6.41. The molecule has 1 saturated heterocycles. The lowest BCUT2D eigenvalue weighted by Gasteiger charge is -2.34. The van der Waals surface area contributed by atoms with E-state index in [1.165, 1.54) is 6.08 Å². The van der Waals surface area contributed by atoms with Gasteiger partial charge in [-0.05, 0) is 26.0 Å². The van der Waals surface area contributed by atoms with Crippen molar-refractivity contribution >= 4 is 17.8 Å². The van der Waals surface area contributed by atoms with Crippen LogP contribution in [0.2, 0.25) is 0 Å². The molecule has 0 saturated carbocycles. The number of rotatable bonds is 7. The van der Waals surface area contributed by atoms with Crippen molar-refractivity contribution < 1.29 is 23.9 Å². The molecule has 1 fully saturated rings. The van der Waals surface area contributed by atoms with Crippen LogP contribution in [0.4, 0.5) is 0 Å². The van der Waals surface area contributed by atoms with E-state index in [1.54, 1.807) is 16.7 Å². The highest BCUT2D eigenvalue weighted by atomic mass is 16.6. The van der Waals surface area contributed by atoms with Crippen molar-refractivity contribution in [3.63, 3.8) is 0 Å². The van der Waals surface area contributed by atoms with Crippen LogP contribution in [0, 0.1) is 6.92 Å². The molecule has 2 amide bonds. The summed E-state index contributed by atoms with van der Waals surface area (Å²) in [4.78, 5) is 39.8. The van der Waals surface area contributed by atoms with Gasteiger partial charge in [-0.3, -0.25) is 9.59 Å². The van der Waals surface area contributed by atoms with Gasteiger partial charge in [-0.25, -0.2) is 4.79 Å². The summed E-state index contributed by atoms with van der Waals surface area (Å²) in [6.07, 6.45) is 0.784. The molecule has 1 heterocycles. The SMILES string of the molecule is C=CCOC(C)C(=O)OCC(=O)N1CCN(C(=O)c2ccc(C)cc2)CC1. The van der Waals surface area contributed by atoms with E-state index in [-0.39, 0.29) is 25.0 Å². The molecule has 0 N–H and O–H groups in total. The number of piperazine rings is 1. The van der Waals surface area contributed by atoms with E-state index >= 15 is 0 Å². The van der Waals surface area contributed by atoms with Gasteiger partial charge >= 0.3 is 5.97 Å². The predicted octanol–water partition coefficient (Wildman–Crippen LogP) is 1.41. The summed E-state index contributed by atoms with van der Waals surface area (Å²) in [5.41, 5.74) is 1.74. The van der Waals surface area contributed by atoms with E-state index in [4.69, 9.17) is 9.47 Å². The minimum atomic E-state index is -0.750. The van der Waals surface area contributed by atoms with Gasteiger partial charge in [-0.1, -0.05) is 23.8 Å². The van der Waals surface area contributed by atoms with Gasteiger partial charge < -0.3 is 19.3 Å². The standard InChI is InChI=1S/C20H26N2O5/c1-4-13-26-16(3)20(25)27-14-18(23)21-9-11-22(12-10-21)19(24)17-7-5-15(2)6-8-17/h4-8,16H,1,9-14H2,2-3H3. The fourth-order valence-electron chi connectivity index (χ4n) is 2.66. The maximum absolute atomic E-state index is 12.5. The zero-order chi connectivity index (χ0) is 19.8. The Morgan fingerprint density at radius 2 is 1.70 bits per heavy atom. The van der Waals surface area contributed by atoms with E-state index in [9.17, 15) is 14.4 Å². The lowest BCUT2D eigenvalue weighted by Crippen LogP contribution is -2.51. The van der Waals surface area contributed by atoms with Crippen molar-refractivity contribution in [2.24, 2.45) is 0 Å². The van der Waals surface area contributed by atoms with Crippen LogP contribution in [-0.2, 0) is 19.1 Å². The van der Waals surface area contributed by atoms with Crippen LogP contribution in [-0.4, -0.2) is 73.1 Å². The molecule has 146 valence electrons. The lowest BCUT2D eigenvalue weighted by molar-refractivity contribution is -0.161. The second-order valence-corrected chi connectivity index (χ2v) is 6.41. The summed E-state index contributed by atoms with van der Waals surface area (Å²) >= 11 is 0. The van der Waals surface area contributed by atoms with E-state index in [0.29, 0.717) is 31.7 Å². The molecular weight excluding hydrogens is 348 g/mol. The van der Waals surface area contributed by atoms with Crippen molar-refractivity contribution in [1.29, 1.82) is 0 Å². The molecule has 1 aliphatic rings. The van der Waals surface area contributed by atoms with Gasteiger partial charge in [0.2, 0.25) is 0 Å². The molecule has 0 radical (unpaired) electrons. The summed E-state index contributed by atoms with van der Waals surface area (Å²) < 4.78 is 10.2. The van der Waals surface area contributed by atoms with E-state index < -0.39 is 12.1 Å². The number of hydrogen-bond acceptors (Lipinski definition) is 5. The smallest absolute Gasteiger partial charge is 0.335 e. The number of aryl methyl sites for hydroxylation is 1. The van der Waals surface area contributed by atoms with Gasteiger partial charge in [-0.15, -0.1) is 6.58 Å². The largest absolute Gasteiger partial charge is 0.454 e. The van der Waals surface area contributed by atoms with E-state index in [0.717, 1.165) is 5.56 Å². The first kappa shape index (κ1) is 20.6. The number of carbonyl (C=O) groups excluding carboxylic acids is 3. The van der Waals surface area contributed by atoms with E-state index in [2.05, 4.69) is 6.58 Å². The van der Waals surface area contributed by atoms with Crippen LogP contribution in [0.3, 0.4) is 0 Å². The zero-order valence-electron chi connectivity index (χ0n) is 15.8. The van der Waals surface area contributed by atoms with Crippen molar-refractivity contribution in [1.82, 2.24) is 9.80 Å². The summed E-state index contributed by atoms with van der Waals surface area (Å²) in [5.74, 6) is -0.901. The molecule has 1 aromatic carbocycles. The van der Waals surface area contributed by atoms with E-state index in [1.807, 2.05) is 31.2 Å². The molecule has 1 aromatic rings. The molecule has 2 rings (SSSR count). The highest BCUT2D eigenvalue weighted by Gasteiger charge is 2.26. The summed E-state index contributed by atoms with van der Waals surface area (Å²) in [7, 11) is 0. The minimum absolute atomic E-state index is 0.0401. The molecule has 7 heteroatoms. The van der Waals surface area contributed by atoms with Crippen molar-refractivity contribution in [2.75, 3.05) is 39.4 Å². The van der Waals surface area contributed by atoms with Gasteiger partial charge in [0.1, 0.15) is 0 Å². The molecule has 0 bridgehead atoms. The number of amides is 2. The van der Waals surface area contributed by atoms with Crippen LogP contribution in [0.25, 0.3) is 0 Å². The highest BCUT2D eigenvalue weighted by molar-refractivity contribution is 5.94. The average molecular weight is 374 g/mol. The number of nitrogens with zero attached hydrogens (tertiary/aromatic N) is 2. The van der Waals surface area contributed by atoms with Gasteiger partial charge in [0.05, 0.1) is 6.61 Å². The third kappa shape index (κ3) is 5.92. The molecule has 27 heavy (non-hydrogen) atoms. The Morgan fingerprint density at radius 1 is 1.11 bits per heavy atom. The fourth-order valence-corrected chi connectivity index (χ4v) is 2.66. The third-order valence-corrected chi connectivity index (χ3v) is 4.35. The van der Waals surface area contributed by atoms with Crippen LogP contribution in [0.15, 0.2) is 36.9 Å². The molecule has 1 unspecified atom stereocenters. The fraction of sp³-hybridized carbons (Fsp3) is 0.450. The summed E-state index contributed by atoms with van der Waals surface area (Å²) in [6, 6.07) is 7.43. The lowest BCUT2D eigenvalue weighted by atomic mass is 10.1. The Morgan fingerprint density at radius 3 is 2.30 bits per heavy atom. The van der Waals surface area contributed by atoms with Gasteiger partial charge in [0.25, 0.3) is 11.8 Å². The summed E-state index contributed by atoms with van der Waals surface area (Å²) in [5, 5.41) is 0. The van der Waals surface area contributed by atoms with Gasteiger partial charge in [0.15, 0.2) is 12.7 Å². The number of esters is 1. The van der Waals surface area contributed by atoms with Crippen LogP contribution >= 0.6 is 0 Å². The normalized spacial score (nSPS) is 15.2. The van der Waals surface area contributed by atoms with Crippen LogP contribution in [0.5, 0.6) is 0 Å². The second kappa shape index (κ2) is 9.87. The zero-order valence-corrected chi connectivity index (χ0v) is 15.8. The van der Waals surface area contributed by atoms with Gasteiger partial charge in [-0.2, -0.15) is 0 Å². The van der Waals surface area contributed by atoms with Crippen molar-refractivity contribution in [3.8, 4) is 0 Å². The van der Waals surface area contributed by atoms with Crippen LogP contribution in [0.1, 0.15) is 22.8 Å². The minimum Gasteiger partial charge on any atom is -0.454 e. The predicted molar refractivity (Wildman–Crippen MR) is 100 cm³/mol. The van der Waals surface area contributed by atoms with Crippen LogP contribution < -0.4 is 0 Å². The first-order valence-electron chi connectivity index (χ1n) is 8.95. The maximum Gasteiger partial charge on any atom is 0.335 e. The van der Waals surface area contributed by atoms with Crippen molar-refractivity contribution in [2.45, 2.75) is 20.0 Å². The Labute approximate surface area is 159 Å². The molecular formula is C20H26N2O5. The molecule has 0 spiro atoms. The Kier molecular flexibility index (Phi) is 7.55. The Bertz CT molecular complexity index is 678. The first-order valence-corrected chi connectivity index (χ1v) is 8.95. The Balaban J connectivity index is 1.76. The Hall–Kier alpha value is -2.67. The number of hydrogen-bond donors (Lipinski definition) is 0. The number of benzene rings is 1. The summed E-state index contributed by atoms with van der Waals surface area (Å²) in [6.45, 7) is 8.67. The average Bonchev–Trinajstić information content (AvgIpc) is 2.70. The highest BCUT2D eigenvalue weighted by Crippen LogP contribution is 2.10. The first-order chi connectivity index (χ1) is 12.9. The third-order valence-electron chi connectivity index (χ3n) is 4.35. The molecule has 0 aromatic heterocycles. The molecule has 0 aliphatic carbocycles. The number of ether oxygens (including phenoxy) is 2. The maximum atomic E-state index is 12.5. The molecule has 1 aliphatic heterocycles. The molecule has 7 nitrogen and oxygen atoms in total. The molecule has 1 atom stereocenters. The number of carbonyl (C=O) groups is 3. The van der Waals surface area contributed by atoms with Gasteiger partial charge in [0, 0.05) is 31.7 Å².